The lowest BCUT2D eigenvalue weighted by Gasteiger charge is -2.10. The molecule has 1 aliphatic rings. The number of rotatable bonds is 5. The van der Waals surface area contributed by atoms with Gasteiger partial charge in [-0.2, -0.15) is 0 Å². The summed E-state index contributed by atoms with van der Waals surface area (Å²) in [6, 6.07) is 8.05. The fraction of sp³-hybridized carbons (Fsp3) is 0.462. The lowest BCUT2D eigenvalue weighted by atomic mass is 10.2. The van der Waals surface area contributed by atoms with E-state index < -0.39 is 0 Å². The summed E-state index contributed by atoms with van der Waals surface area (Å²) in [6.45, 7) is 2.61. The second-order valence-electron chi connectivity index (χ2n) is 3.88. The molecule has 1 amide bonds. The predicted molar refractivity (Wildman–Crippen MR) is 78.3 cm³/mol. The van der Waals surface area contributed by atoms with Crippen molar-refractivity contribution < 1.29 is 9.53 Å². The normalized spacial score (nSPS) is 15.6. The van der Waals surface area contributed by atoms with Gasteiger partial charge in [0.1, 0.15) is 5.75 Å². The molecule has 1 aliphatic heterocycles. The van der Waals surface area contributed by atoms with Gasteiger partial charge < -0.3 is 10.1 Å². The van der Waals surface area contributed by atoms with Crippen molar-refractivity contribution in [2.45, 2.75) is 11.5 Å². The maximum atomic E-state index is 11.2. The highest BCUT2D eigenvalue weighted by molar-refractivity contribution is 8.19. The van der Waals surface area contributed by atoms with Gasteiger partial charge in [0.2, 0.25) is 0 Å². The highest BCUT2D eigenvalue weighted by atomic mass is 32.2. The summed E-state index contributed by atoms with van der Waals surface area (Å²) in [4.78, 5) is 11.2. The van der Waals surface area contributed by atoms with Gasteiger partial charge in [-0.3, -0.25) is 4.79 Å². The average molecular weight is 283 g/mol. The largest absolute Gasteiger partial charge is 0.484 e. The Morgan fingerprint density at radius 2 is 2.00 bits per heavy atom. The van der Waals surface area contributed by atoms with Crippen molar-refractivity contribution in [2.75, 3.05) is 24.7 Å². The van der Waals surface area contributed by atoms with E-state index in [1.54, 1.807) is 0 Å². The zero-order chi connectivity index (χ0) is 12.8. The van der Waals surface area contributed by atoms with E-state index in [4.69, 9.17) is 4.74 Å². The summed E-state index contributed by atoms with van der Waals surface area (Å²) in [5.74, 6) is 3.12. The smallest absolute Gasteiger partial charge is 0.257 e. The molecule has 2 rings (SSSR count). The zero-order valence-electron chi connectivity index (χ0n) is 10.3. The highest BCUT2D eigenvalue weighted by Gasteiger charge is 2.17. The van der Waals surface area contributed by atoms with E-state index in [9.17, 15) is 4.79 Å². The number of hydrogen-bond acceptors (Lipinski definition) is 4. The van der Waals surface area contributed by atoms with Crippen LogP contribution in [-0.4, -0.2) is 30.6 Å². The van der Waals surface area contributed by atoms with Crippen molar-refractivity contribution in [3.05, 3.63) is 29.8 Å². The lowest BCUT2D eigenvalue weighted by molar-refractivity contribution is -0.122. The molecule has 1 aromatic rings. The first-order valence-electron chi connectivity index (χ1n) is 6.02. The lowest BCUT2D eigenvalue weighted by Crippen LogP contribution is -2.28. The van der Waals surface area contributed by atoms with E-state index in [2.05, 4.69) is 17.4 Å². The zero-order valence-corrected chi connectivity index (χ0v) is 12.0. The van der Waals surface area contributed by atoms with Crippen molar-refractivity contribution >= 4 is 29.4 Å². The van der Waals surface area contributed by atoms with Crippen molar-refractivity contribution in [2.24, 2.45) is 0 Å². The SMILES string of the molecule is CCNC(=O)COc1ccc(C2SCCS2)cc1. The first-order chi connectivity index (χ1) is 8.79. The number of carbonyl (C=O) groups excluding carboxylic acids is 1. The summed E-state index contributed by atoms with van der Waals surface area (Å²) in [7, 11) is 0. The number of carbonyl (C=O) groups is 1. The van der Waals surface area contributed by atoms with E-state index in [1.165, 1.54) is 17.1 Å². The maximum absolute atomic E-state index is 11.2. The predicted octanol–water partition coefficient (Wildman–Crippen LogP) is 2.68. The van der Waals surface area contributed by atoms with Gasteiger partial charge in [-0.25, -0.2) is 0 Å². The molecule has 0 spiro atoms. The van der Waals surface area contributed by atoms with Gasteiger partial charge in [0, 0.05) is 18.1 Å². The maximum Gasteiger partial charge on any atom is 0.257 e. The number of hydrogen-bond donors (Lipinski definition) is 1. The Hall–Kier alpha value is -0.810. The van der Waals surface area contributed by atoms with E-state index in [1.807, 2.05) is 42.6 Å². The molecule has 5 heteroatoms. The summed E-state index contributed by atoms with van der Waals surface area (Å²) >= 11 is 3.97. The molecule has 0 radical (unpaired) electrons. The number of likely N-dealkylation sites (N-methyl/N-ethyl adjacent to an activating group) is 1. The number of ether oxygens (including phenoxy) is 1. The second kappa shape index (κ2) is 6.95. The summed E-state index contributed by atoms with van der Waals surface area (Å²) in [5.41, 5.74) is 1.33. The average Bonchev–Trinajstić information content (AvgIpc) is 2.91. The molecule has 1 aromatic carbocycles. The summed E-state index contributed by atoms with van der Waals surface area (Å²) < 4.78 is 5.97. The first kappa shape index (κ1) is 13.6. The third-order valence-corrected chi connectivity index (χ3v) is 5.62. The Kier molecular flexibility index (Phi) is 5.26. The van der Waals surface area contributed by atoms with Crippen LogP contribution >= 0.6 is 23.5 Å². The molecule has 1 heterocycles. The third kappa shape index (κ3) is 3.85. The van der Waals surface area contributed by atoms with Gasteiger partial charge in [0.25, 0.3) is 5.91 Å². The van der Waals surface area contributed by atoms with Crippen molar-refractivity contribution in [3.8, 4) is 5.75 Å². The van der Waals surface area contributed by atoms with Gasteiger partial charge in [-0.05, 0) is 24.6 Å². The molecule has 0 saturated carbocycles. The summed E-state index contributed by atoms with van der Waals surface area (Å²) in [5, 5.41) is 2.70. The van der Waals surface area contributed by atoms with Crippen LogP contribution in [0.2, 0.25) is 0 Å². The molecule has 98 valence electrons. The Morgan fingerprint density at radius 3 is 2.61 bits per heavy atom. The Bertz CT molecular complexity index is 388. The van der Waals surface area contributed by atoms with Gasteiger partial charge in [0.05, 0.1) is 4.58 Å². The Morgan fingerprint density at radius 1 is 1.33 bits per heavy atom. The van der Waals surface area contributed by atoms with Crippen LogP contribution in [0.25, 0.3) is 0 Å². The van der Waals surface area contributed by atoms with Gasteiger partial charge in [-0.1, -0.05) is 12.1 Å². The van der Waals surface area contributed by atoms with E-state index >= 15 is 0 Å². The first-order valence-corrected chi connectivity index (χ1v) is 8.12. The van der Waals surface area contributed by atoms with Gasteiger partial charge in [0.15, 0.2) is 6.61 Å². The quantitative estimate of drug-likeness (QED) is 0.901. The molecule has 18 heavy (non-hydrogen) atoms. The summed E-state index contributed by atoms with van der Waals surface area (Å²) in [6.07, 6.45) is 0. The standard InChI is InChI=1S/C13H17NO2S2/c1-2-14-12(15)9-16-11-5-3-10(4-6-11)13-17-7-8-18-13/h3-6,13H,2,7-9H2,1H3,(H,14,15). The molecule has 0 bridgehead atoms. The van der Waals surface area contributed by atoms with Crippen molar-refractivity contribution in [1.29, 1.82) is 0 Å². The minimum atomic E-state index is -0.0801. The van der Waals surface area contributed by atoms with Crippen LogP contribution in [0.15, 0.2) is 24.3 Å². The van der Waals surface area contributed by atoms with Crippen molar-refractivity contribution in [1.82, 2.24) is 5.32 Å². The van der Waals surface area contributed by atoms with Crippen LogP contribution in [0.3, 0.4) is 0 Å². The molecule has 0 aliphatic carbocycles. The minimum absolute atomic E-state index is 0.0801. The second-order valence-corrected chi connectivity index (χ2v) is 6.61. The van der Waals surface area contributed by atoms with E-state index in [-0.39, 0.29) is 12.5 Å². The molecule has 1 N–H and O–H groups in total. The molecular weight excluding hydrogens is 266 g/mol. The number of benzene rings is 1. The third-order valence-electron chi connectivity index (χ3n) is 2.52. The van der Waals surface area contributed by atoms with Crippen LogP contribution < -0.4 is 10.1 Å². The van der Waals surface area contributed by atoms with Gasteiger partial charge in [-0.15, -0.1) is 23.5 Å². The topological polar surface area (TPSA) is 38.3 Å². The van der Waals surface area contributed by atoms with Crippen LogP contribution in [0.5, 0.6) is 5.75 Å². The van der Waals surface area contributed by atoms with Gasteiger partial charge >= 0.3 is 0 Å². The fourth-order valence-electron chi connectivity index (χ4n) is 1.67. The number of amides is 1. The van der Waals surface area contributed by atoms with Crippen LogP contribution in [0.1, 0.15) is 17.1 Å². The van der Waals surface area contributed by atoms with Crippen molar-refractivity contribution in [3.63, 3.8) is 0 Å². The Balaban J connectivity index is 1.85. The highest BCUT2D eigenvalue weighted by Crippen LogP contribution is 2.45. The number of thioether (sulfide) groups is 2. The molecule has 1 saturated heterocycles. The Labute approximate surface area is 116 Å². The molecule has 0 aromatic heterocycles. The molecule has 0 atom stereocenters. The van der Waals surface area contributed by atoms with Crippen LogP contribution in [0.4, 0.5) is 0 Å². The monoisotopic (exact) mass is 283 g/mol. The molecule has 0 unspecified atom stereocenters. The molecule has 1 fully saturated rings. The molecular formula is C13H17NO2S2. The molecule has 3 nitrogen and oxygen atoms in total. The minimum Gasteiger partial charge on any atom is -0.484 e. The fourth-order valence-corrected chi connectivity index (χ4v) is 4.53. The van der Waals surface area contributed by atoms with Crippen LogP contribution in [0, 0.1) is 0 Å². The van der Waals surface area contributed by atoms with E-state index in [0.29, 0.717) is 11.1 Å². The van der Waals surface area contributed by atoms with Crippen LogP contribution in [-0.2, 0) is 4.79 Å². The number of nitrogens with one attached hydrogen (secondary N) is 1. The van der Waals surface area contributed by atoms with E-state index in [0.717, 1.165) is 5.75 Å².